The average Bonchev–Trinajstić information content (AvgIpc) is 2.94. The van der Waals surface area contributed by atoms with Gasteiger partial charge in [-0.15, -0.1) is 0 Å². The summed E-state index contributed by atoms with van der Waals surface area (Å²) in [5, 5.41) is 0.757. The van der Waals surface area contributed by atoms with Gasteiger partial charge in [-0.05, 0) is 70.0 Å². The van der Waals surface area contributed by atoms with Crippen LogP contribution in [-0.2, 0) is 12.8 Å². The number of fused-ring (bicyclic) bond motifs is 1. The second-order valence-electron chi connectivity index (χ2n) is 5.13. The molecule has 110 valence electrons. The molecule has 0 bridgehead atoms. The molecule has 2 aromatic carbocycles. The number of hydrogen-bond donors (Lipinski definition) is 2. The molecule has 3 N–H and O–H groups in total. The van der Waals surface area contributed by atoms with Crippen molar-refractivity contribution in [2.75, 3.05) is 6.61 Å². The Morgan fingerprint density at radius 1 is 1.29 bits per heavy atom. The molecule has 1 aliphatic heterocycles. The maximum absolute atomic E-state index is 6.21. The molecule has 0 fully saturated rings. The first kappa shape index (κ1) is 15.1. The fraction of sp³-hybridized carbons (Fsp3) is 0.250. The molecule has 3 rings (SSSR count). The third-order valence-electron chi connectivity index (χ3n) is 3.72. The number of halogens is 2. The van der Waals surface area contributed by atoms with Crippen LogP contribution in [0, 0.1) is 3.57 Å². The van der Waals surface area contributed by atoms with Crippen molar-refractivity contribution in [1.29, 1.82) is 0 Å². The second kappa shape index (κ2) is 6.52. The maximum Gasteiger partial charge on any atom is 0.125 e. The van der Waals surface area contributed by atoms with Crippen molar-refractivity contribution in [2.24, 2.45) is 5.84 Å². The number of nitrogens with one attached hydrogen (secondary N) is 1. The van der Waals surface area contributed by atoms with E-state index in [2.05, 4.69) is 52.3 Å². The van der Waals surface area contributed by atoms with Crippen molar-refractivity contribution >= 4 is 34.2 Å². The summed E-state index contributed by atoms with van der Waals surface area (Å²) >= 11 is 8.51. The molecule has 3 nitrogen and oxygen atoms in total. The van der Waals surface area contributed by atoms with Gasteiger partial charge in [0.1, 0.15) is 5.75 Å². The molecule has 1 heterocycles. The minimum atomic E-state index is 0.0359. The van der Waals surface area contributed by atoms with Crippen molar-refractivity contribution in [2.45, 2.75) is 18.9 Å². The van der Waals surface area contributed by atoms with E-state index in [1.807, 2.05) is 12.1 Å². The van der Waals surface area contributed by atoms with E-state index in [4.69, 9.17) is 22.2 Å². The van der Waals surface area contributed by atoms with Gasteiger partial charge in [-0.3, -0.25) is 11.3 Å². The lowest BCUT2D eigenvalue weighted by molar-refractivity contribution is 0.351. The fourth-order valence-electron chi connectivity index (χ4n) is 2.69. The van der Waals surface area contributed by atoms with Crippen LogP contribution in [0.2, 0.25) is 5.02 Å². The van der Waals surface area contributed by atoms with Crippen LogP contribution in [-0.4, -0.2) is 6.61 Å². The summed E-state index contributed by atoms with van der Waals surface area (Å²) in [4.78, 5) is 0. The highest BCUT2D eigenvalue weighted by Gasteiger charge is 2.20. The number of ether oxygens (including phenoxy) is 1. The van der Waals surface area contributed by atoms with E-state index in [9.17, 15) is 0 Å². The summed E-state index contributed by atoms with van der Waals surface area (Å²) in [7, 11) is 0. The summed E-state index contributed by atoms with van der Waals surface area (Å²) in [5.41, 5.74) is 6.35. The molecular formula is C16H16ClIN2O. The molecule has 1 atom stereocenters. The van der Waals surface area contributed by atoms with E-state index < -0.39 is 0 Å². The molecule has 0 aromatic heterocycles. The zero-order valence-corrected chi connectivity index (χ0v) is 14.3. The predicted molar refractivity (Wildman–Crippen MR) is 93.6 cm³/mol. The standard InChI is InChI=1S/C16H16ClIN2O/c17-13-7-11-5-6-21-16(11)12(8-13)9-15(20-19)10-1-3-14(18)4-2-10/h1-4,7-8,15,20H,5-6,9,19H2. The van der Waals surface area contributed by atoms with Gasteiger partial charge in [0, 0.05) is 15.0 Å². The first-order chi connectivity index (χ1) is 10.2. The van der Waals surface area contributed by atoms with E-state index in [0.29, 0.717) is 0 Å². The molecule has 0 saturated carbocycles. The zero-order valence-electron chi connectivity index (χ0n) is 11.4. The predicted octanol–water partition coefficient (Wildman–Crippen LogP) is 3.63. The highest BCUT2D eigenvalue weighted by atomic mass is 127. The summed E-state index contributed by atoms with van der Waals surface area (Å²) in [5.74, 6) is 6.73. The Balaban J connectivity index is 1.89. The number of nitrogens with two attached hydrogens (primary N) is 1. The largest absolute Gasteiger partial charge is 0.493 e. The SMILES string of the molecule is NNC(Cc1cc(Cl)cc2c1OCC2)c1ccc(I)cc1. The van der Waals surface area contributed by atoms with Crippen LogP contribution in [0.25, 0.3) is 0 Å². The molecule has 0 amide bonds. The molecule has 0 aliphatic carbocycles. The van der Waals surface area contributed by atoms with Gasteiger partial charge in [-0.25, -0.2) is 0 Å². The first-order valence-electron chi connectivity index (χ1n) is 6.83. The van der Waals surface area contributed by atoms with Gasteiger partial charge < -0.3 is 4.74 Å². The summed E-state index contributed by atoms with van der Waals surface area (Å²) in [6, 6.07) is 12.4. The topological polar surface area (TPSA) is 47.3 Å². The van der Waals surface area contributed by atoms with Gasteiger partial charge in [-0.1, -0.05) is 23.7 Å². The lowest BCUT2D eigenvalue weighted by Gasteiger charge is -2.18. The zero-order chi connectivity index (χ0) is 14.8. The summed E-state index contributed by atoms with van der Waals surface area (Å²) in [6.07, 6.45) is 1.67. The fourth-order valence-corrected chi connectivity index (χ4v) is 3.31. The van der Waals surface area contributed by atoms with E-state index in [1.54, 1.807) is 0 Å². The molecule has 0 saturated heterocycles. The van der Waals surface area contributed by atoms with Gasteiger partial charge in [0.05, 0.1) is 12.6 Å². The normalized spacial score (nSPS) is 14.6. The number of hydrogen-bond acceptors (Lipinski definition) is 3. The average molecular weight is 415 g/mol. The highest BCUT2D eigenvalue weighted by molar-refractivity contribution is 14.1. The van der Waals surface area contributed by atoms with E-state index in [0.717, 1.165) is 41.3 Å². The van der Waals surface area contributed by atoms with Crippen LogP contribution in [0.15, 0.2) is 36.4 Å². The van der Waals surface area contributed by atoms with Gasteiger partial charge in [0.15, 0.2) is 0 Å². The monoisotopic (exact) mass is 414 g/mol. The lowest BCUT2D eigenvalue weighted by Crippen LogP contribution is -2.29. The van der Waals surface area contributed by atoms with Crippen LogP contribution in [0.1, 0.15) is 22.7 Å². The van der Waals surface area contributed by atoms with Gasteiger partial charge in [0.2, 0.25) is 0 Å². The minimum Gasteiger partial charge on any atom is -0.493 e. The van der Waals surface area contributed by atoms with Crippen LogP contribution >= 0.6 is 34.2 Å². The molecule has 1 unspecified atom stereocenters. The molecular weight excluding hydrogens is 399 g/mol. The summed E-state index contributed by atoms with van der Waals surface area (Å²) < 4.78 is 6.96. The van der Waals surface area contributed by atoms with Crippen molar-refractivity contribution in [3.63, 3.8) is 0 Å². The Hall–Kier alpha value is -0.820. The smallest absolute Gasteiger partial charge is 0.125 e. The highest BCUT2D eigenvalue weighted by Crippen LogP contribution is 2.35. The molecule has 0 radical (unpaired) electrons. The Kier molecular flexibility index (Phi) is 4.69. The Morgan fingerprint density at radius 3 is 2.76 bits per heavy atom. The molecule has 1 aliphatic rings. The third-order valence-corrected chi connectivity index (χ3v) is 4.66. The number of benzene rings is 2. The van der Waals surface area contributed by atoms with Crippen LogP contribution in [0.3, 0.4) is 0 Å². The van der Waals surface area contributed by atoms with Crippen molar-refractivity contribution in [3.05, 3.63) is 61.7 Å². The molecule has 2 aromatic rings. The first-order valence-corrected chi connectivity index (χ1v) is 8.28. The number of hydrazine groups is 1. The Morgan fingerprint density at radius 2 is 2.05 bits per heavy atom. The van der Waals surface area contributed by atoms with Crippen LogP contribution in [0.5, 0.6) is 5.75 Å². The maximum atomic E-state index is 6.21. The van der Waals surface area contributed by atoms with Crippen molar-refractivity contribution in [1.82, 2.24) is 5.43 Å². The quantitative estimate of drug-likeness (QED) is 0.456. The van der Waals surface area contributed by atoms with E-state index >= 15 is 0 Å². The Labute approximate surface area is 142 Å². The Bertz CT molecular complexity index is 645. The van der Waals surface area contributed by atoms with Gasteiger partial charge in [-0.2, -0.15) is 0 Å². The second-order valence-corrected chi connectivity index (χ2v) is 6.81. The third kappa shape index (κ3) is 3.34. The van der Waals surface area contributed by atoms with Crippen LogP contribution in [0.4, 0.5) is 0 Å². The van der Waals surface area contributed by atoms with E-state index in [-0.39, 0.29) is 6.04 Å². The van der Waals surface area contributed by atoms with E-state index in [1.165, 1.54) is 9.13 Å². The number of rotatable bonds is 4. The van der Waals surface area contributed by atoms with Gasteiger partial charge >= 0.3 is 0 Å². The van der Waals surface area contributed by atoms with Gasteiger partial charge in [0.25, 0.3) is 0 Å². The molecule has 5 heteroatoms. The lowest BCUT2D eigenvalue weighted by atomic mass is 9.97. The molecule has 21 heavy (non-hydrogen) atoms. The van der Waals surface area contributed by atoms with Crippen molar-refractivity contribution < 1.29 is 4.74 Å². The van der Waals surface area contributed by atoms with Crippen molar-refractivity contribution in [3.8, 4) is 5.75 Å². The molecule has 0 spiro atoms. The minimum absolute atomic E-state index is 0.0359. The summed E-state index contributed by atoms with van der Waals surface area (Å²) in [6.45, 7) is 0.729. The van der Waals surface area contributed by atoms with Crippen LogP contribution < -0.4 is 16.0 Å².